The first kappa shape index (κ1) is 54.4. The van der Waals surface area contributed by atoms with Crippen LogP contribution >= 0.6 is 68.0 Å². The minimum atomic E-state index is -1.27. The number of amides is 5. The summed E-state index contributed by atoms with van der Waals surface area (Å²) in [6, 6.07) is 10.1. The monoisotopic (exact) mass is 1150 g/mol. The molecule has 0 aliphatic carbocycles. The predicted molar refractivity (Wildman–Crippen MR) is 292 cm³/mol. The number of aromatic nitrogens is 7. The van der Waals surface area contributed by atoms with Crippen molar-refractivity contribution in [3.63, 3.8) is 0 Å². The zero-order valence-corrected chi connectivity index (χ0v) is 46.2. The van der Waals surface area contributed by atoms with Crippen LogP contribution in [0.4, 0.5) is 0 Å². The number of Topliss-reactive ketones (excluding diaryl/α,β-unsaturated/α-hetero) is 1. The Hall–Kier alpha value is -7.40. The molecule has 5 N–H and O–H groups in total. The van der Waals surface area contributed by atoms with Gasteiger partial charge in [-0.3, -0.25) is 28.8 Å². The van der Waals surface area contributed by atoms with E-state index in [0.29, 0.717) is 73.7 Å². The van der Waals surface area contributed by atoms with E-state index in [1.807, 2.05) is 13.8 Å². The Morgan fingerprint density at radius 3 is 2.26 bits per heavy atom. The molecule has 22 nitrogen and oxygen atoms in total. The van der Waals surface area contributed by atoms with Gasteiger partial charge in [0.25, 0.3) is 17.7 Å². The molecule has 394 valence electrons. The van der Waals surface area contributed by atoms with Gasteiger partial charge in [-0.05, 0) is 41.2 Å². The summed E-state index contributed by atoms with van der Waals surface area (Å²) in [4.78, 5) is 119. The number of benzene rings is 1. The third kappa shape index (κ3) is 12.1. The molecule has 77 heavy (non-hydrogen) atoms. The fourth-order valence-electron chi connectivity index (χ4n) is 8.03. The molecular weight excluding hydrogens is 1110 g/mol. The van der Waals surface area contributed by atoms with Crippen molar-refractivity contribution in [2.45, 2.75) is 64.3 Å². The highest BCUT2D eigenvalue weighted by Gasteiger charge is 2.33. The number of carbonyl (C=O) groups excluding carboxylic acids is 6. The van der Waals surface area contributed by atoms with Gasteiger partial charge >= 0.3 is 0 Å². The van der Waals surface area contributed by atoms with Crippen LogP contribution in [0, 0.1) is 12.8 Å². The van der Waals surface area contributed by atoms with E-state index in [1.165, 1.54) is 64.9 Å². The second kappa shape index (κ2) is 23.9. The van der Waals surface area contributed by atoms with Gasteiger partial charge < -0.3 is 31.1 Å². The molecule has 5 amide bonds. The normalized spacial score (nSPS) is 16.7. The molecule has 1 aliphatic heterocycles. The maximum Gasteiger partial charge on any atom is 0.271 e. The number of rotatable bonds is 9. The second-order valence-electron chi connectivity index (χ2n) is 17.5. The molecule has 28 heteroatoms. The van der Waals surface area contributed by atoms with E-state index in [1.54, 1.807) is 65.5 Å². The first-order valence-electron chi connectivity index (χ1n) is 23.4. The van der Waals surface area contributed by atoms with Gasteiger partial charge in [0, 0.05) is 63.4 Å². The predicted octanol–water partition coefficient (Wildman–Crippen LogP) is 8.65. The van der Waals surface area contributed by atoms with Crippen LogP contribution in [-0.4, -0.2) is 96.0 Å². The number of nitrogens with zero attached hydrogens (tertiary/aromatic N) is 10. The molecule has 0 saturated carbocycles. The van der Waals surface area contributed by atoms with Crippen LogP contribution in [0.2, 0.25) is 0 Å². The van der Waals surface area contributed by atoms with Gasteiger partial charge in [-0.15, -0.1) is 68.0 Å². The second-order valence-corrected chi connectivity index (χ2v) is 23.3. The number of hydrogen-bond acceptors (Lipinski definition) is 21. The standard InChI is InChI=1S/C49H44N14O8S6/c1-21(2)25-13-32(64)36-22(3)76-48(60-36)27(14-34(65)51-4)54-41(68)29-18-72-44(56-29)24-11-12-26(46-57-30(19-74-46)42(69)62-63-50)53-37(24)28-17-73-47(55-28)31-20-75-49(58-31)39(40(67)23-9-7-6-8-10-23)59-35(66)15-52-43(70)38-33(16-71-5)77-45(25)61-38/h6-12,17-21,25,27,39-40,67H,13-16H2,1-5H3,(H,51,65)(H,52,70)(H,54,68)(H,59,66)/t25-,27-,39-,40-/m0/s1. The molecule has 0 saturated heterocycles. The molecular formula is C49H44N14O8S6. The number of fused-ring (bicyclic) bond motifs is 14. The number of aliphatic hydroxyl groups excluding tert-OH is 1. The number of ether oxygens (including phenoxy) is 1. The van der Waals surface area contributed by atoms with Gasteiger partial charge in [0.05, 0.1) is 41.2 Å². The van der Waals surface area contributed by atoms with Gasteiger partial charge in [0.2, 0.25) is 11.8 Å². The van der Waals surface area contributed by atoms with E-state index in [4.69, 9.17) is 40.2 Å². The summed E-state index contributed by atoms with van der Waals surface area (Å²) in [6.07, 6.45) is -1.51. The van der Waals surface area contributed by atoms with Gasteiger partial charge in [0.15, 0.2) is 5.78 Å². The first-order chi connectivity index (χ1) is 37.1. The van der Waals surface area contributed by atoms with Gasteiger partial charge in [-0.25, -0.2) is 34.9 Å². The number of ketones is 1. The molecule has 0 unspecified atom stereocenters. The molecule has 0 spiro atoms. The Morgan fingerprint density at radius 1 is 0.792 bits per heavy atom. The van der Waals surface area contributed by atoms with Crippen molar-refractivity contribution in [2.75, 3.05) is 20.7 Å². The highest BCUT2D eigenvalue weighted by molar-refractivity contribution is 7.15. The molecule has 8 heterocycles. The van der Waals surface area contributed by atoms with Crippen molar-refractivity contribution < 1.29 is 38.6 Å². The van der Waals surface area contributed by atoms with E-state index < -0.39 is 54.3 Å². The van der Waals surface area contributed by atoms with Crippen molar-refractivity contribution in [3.05, 3.63) is 128 Å². The molecule has 10 bridgehead atoms. The lowest BCUT2D eigenvalue weighted by atomic mass is 9.90. The number of thiazole rings is 6. The number of aryl methyl sites for hydroxylation is 1. The number of pyridine rings is 1. The maximum atomic E-state index is 14.3. The summed E-state index contributed by atoms with van der Waals surface area (Å²) < 4.78 is 5.45. The Morgan fingerprint density at radius 2 is 1.51 bits per heavy atom. The zero-order chi connectivity index (χ0) is 54.5. The third-order valence-corrected chi connectivity index (χ3v) is 17.7. The quantitative estimate of drug-likeness (QED) is 0.0513. The lowest BCUT2D eigenvalue weighted by Crippen LogP contribution is -2.40. The van der Waals surface area contributed by atoms with Crippen molar-refractivity contribution >= 4 is 103 Å². The number of azide groups is 1. The Balaban J connectivity index is 1.14. The fraction of sp³-hybridized carbons (Fsp3) is 0.286. The number of carbonyl (C=O) groups is 6. The summed E-state index contributed by atoms with van der Waals surface area (Å²) >= 11 is 7.09. The topological polar surface area (TPSA) is 319 Å². The van der Waals surface area contributed by atoms with Crippen LogP contribution in [-0.2, 0) is 20.9 Å². The summed E-state index contributed by atoms with van der Waals surface area (Å²) in [5, 5.41) is 34.9. The van der Waals surface area contributed by atoms with Gasteiger partial charge in [-0.1, -0.05) is 44.2 Å². The zero-order valence-electron chi connectivity index (χ0n) is 41.3. The summed E-state index contributed by atoms with van der Waals surface area (Å²) in [7, 11) is 2.95. The number of methoxy groups -OCH3 is 1. The first-order valence-corrected chi connectivity index (χ1v) is 28.5. The highest BCUT2D eigenvalue weighted by Crippen LogP contribution is 2.40. The van der Waals surface area contributed by atoms with Crippen molar-refractivity contribution in [2.24, 2.45) is 11.0 Å². The average Bonchev–Trinajstić information content (AvgIpc) is 4.33. The van der Waals surface area contributed by atoms with E-state index in [-0.39, 0.29) is 59.8 Å². The van der Waals surface area contributed by atoms with Gasteiger partial charge in [0.1, 0.15) is 77.0 Å². The number of nitrogens with one attached hydrogen (secondary N) is 4. The molecule has 1 aliphatic rings. The fourth-order valence-corrected chi connectivity index (χ4v) is 13.6. The highest BCUT2D eigenvalue weighted by atomic mass is 32.1. The van der Waals surface area contributed by atoms with Crippen LogP contribution in [0.25, 0.3) is 53.8 Å². The van der Waals surface area contributed by atoms with E-state index >= 15 is 0 Å². The SMILES string of the molecule is CNC(=O)C[C@@H]1NC(=O)c2csc(n2)-c2ccc(-c3nc(C(=O)N=[N+]=[N-])cs3)nc2-c2csc(n2)-c2csc(n2)[C@H]([C@@H](O)c2ccccc2)NC(=O)CNC(=O)c2nc(sc2COC)[C@H](C(C)C)CC(=O)c2nc1sc2C. The Labute approximate surface area is 462 Å². The van der Waals surface area contributed by atoms with E-state index in [2.05, 4.69) is 36.3 Å². The van der Waals surface area contributed by atoms with Crippen molar-refractivity contribution in [1.82, 2.24) is 56.2 Å². The van der Waals surface area contributed by atoms with Crippen molar-refractivity contribution in [3.8, 4) is 43.4 Å². The Kier molecular flexibility index (Phi) is 16.9. The summed E-state index contributed by atoms with van der Waals surface area (Å²) in [6.45, 7) is 5.15. The van der Waals surface area contributed by atoms with E-state index in [0.717, 1.165) is 22.7 Å². The Bertz CT molecular complexity index is 3600. The third-order valence-electron chi connectivity index (χ3n) is 12.0. The minimum absolute atomic E-state index is 0.0222. The minimum Gasteiger partial charge on any atom is -0.386 e. The molecule has 1 aromatic carbocycles. The van der Waals surface area contributed by atoms with Gasteiger partial charge in [-0.2, -0.15) is 0 Å². The molecule has 4 atom stereocenters. The molecule has 7 aromatic heterocycles. The number of aliphatic hydroxyl groups is 1. The lowest BCUT2D eigenvalue weighted by molar-refractivity contribution is -0.122. The number of hydrogen-bond donors (Lipinski definition) is 5. The van der Waals surface area contributed by atoms with Crippen LogP contribution in [0.5, 0.6) is 0 Å². The average molecular weight is 1150 g/mol. The maximum absolute atomic E-state index is 14.3. The largest absolute Gasteiger partial charge is 0.386 e. The summed E-state index contributed by atoms with van der Waals surface area (Å²) in [5.74, 6) is -4.07. The molecule has 9 rings (SSSR count). The van der Waals surface area contributed by atoms with Crippen LogP contribution in [0.1, 0.15) is 123 Å². The summed E-state index contributed by atoms with van der Waals surface area (Å²) in [5.41, 5.74) is 11.5. The smallest absolute Gasteiger partial charge is 0.271 e. The van der Waals surface area contributed by atoms with Crippen LogP contribution in [0.3, 0.4) is 0 Å². The molecule has 8 aromatic rings. The van der Waals surface area contributed by atoms with Crippen molar-refractivity contribution in [1.29, 1.82) is 0 Å². The molecule has 0 radical (unpaired) electrons. The lowest BCUT2D eigenvalue weighted by Gasteiger charge is -2.23. The van der Waals surface area contributed by atoms with Crippen LogP contribution in [0.15, 0.2) is 69.1 Å². The molecule has 0 fully saturated rings. The van der Waals surface area contributed by atoms with E-state index in [9.17, 15) is 33.9 Å². The van der Waals surface area contributed by atoms with Crippen LogP contribution < -0.4 is 21.3 Å².